The zero-order chi connectivity index (χ0) is 23.7. The van der Waals surface area contributed by atoms with Gasteiger partial charge in [0.25, 0.3) is 5.91 Å². The Labute approximate surface area is 194 Å². The Balaban J connectivity index is 1.80. The number of methoxy groups -OCH3 is 1. The predicted octanol–water partition coefficient (Wildman–Crippen LogP) is 3.72. The number of aromatic nitrogens is 2. The van der Waals surface area contributed by atoms with Crippen molar-refractivity contribution in [2.24, 2.45) is 0 Å². The molecule has 1 N–H and O–H groups in total. The SMILES string of the molecule is COC(=O)c1ccc([C@H]2C(C(=O)c3sc(C)nc3C)=C(O)C(=O)N2Cc2cccnc2)cc1. The number of benzene rings is 1. The van der Waals surface area contributed by atoms with Crippen molar-refractivity contribution in [3.63, 3.8) is 0 Å². The van der Waals surface area contributed by atoms with Gasteiger partial charge in [0.2, 0.25) is 5.78 Å². The van der Waals surface area contributed by atoms with Crippen LogP contribution in [0.15, 0.2) is 60.1 Å². The van der Waals surface area contributed by atoms with E-state index in [1.54, 1.807) is 56.6 Å². The van der Waals surface area contributed by atoms with Crippen LogP contribution in [0.3, 0.4) is 0 Å². The number of aliphatic hydroxyl groups excluding tert-OH is 1. The summed E-state index contributed by atoms with van der Waals surface area (Å²) in [5.74, 6) is -2.18. The van der Waals surface area contributed by atoms with E-state index in [0.29, 0.717) is 26.7 Å². The van der Waals surface area contributed by atoms with Gasteiger partial charge >= 0.3 is 5.97 Å². The Morgan fingerprint density at radius 2 is 1.91 bits per heavy atom. The molecule has 2 aromatic heterocycles. The van der Waals surface area contributed by atoms with Crippen LogP contribution in [-0.2, 0) is 16.1 Å². The normalized spacial score (nSPS) is 15.8. The highest BCUT2D eigenvalue weighted by Gasteiger charge is 2.44. The number of aliphatic hydroxyl groups is 1. The van der Waals surface area contributed by atoms with E-state index in [1.165, 1.54) is 23.3 Å². The summed E-state index contributed by atoms with van der Waals surface area (Å²) in [5.41, 5.74) is 2.18. The fourth-order valence-electron chi connectivity index (χ4n) is 3.87. The van der Waals surface area contributed by atoms with Crippen LogP contribution in [0, 0.1) is 13.8 Å². The van der Waals surface area contributed by atoms with Gasteiger partial charge in [-0.15, -0.1) is 11.3 Å². The molecule has 1 atom stereocenters. The van der Waals surface area contributed by atoms with Crippen LogP contribution in [-0.4, -0.2) is 44.7 Å². The van der Waals surface area contributed by atoms with Crippen molar-refractivity contribution in [3.8, 4) is 0 Å². The number of aryl methyl sites for hydroxylation is 2. The Bertz CT molecular complexity index is 1270. The van der Waals surface area contributed by atoms with E-state index in [4.69, 9.17) is 4.74 Å². The number of hydrogen-bond acceptors (Lipinski definition) is 8. The smallest absolute Gasteiger partial charge is 0.337 e. The van der Waals surface area contributed by atoms with Crippen LogP contribution >= 0.6 is 11.3 Å². The summed E-state index contributed by atoms with van der Waals surface area (Å²) in [4.78, 5) is 48.7. The van der Waals surface area contributed by atoms with Crippen LogP contribution < -0.4 is 0 Å². The largest absolute Gasteiger partial charge is 0.503 e. The van der Waals surface area contributed by atoms with Gasteiger partial charge in [-0.3, -0.25) is 14.6 Å². The first-order valence-corrected chi connectivity index (χ1v) is 10.9. The van der Waals surface area contributed by atoms with E-state index in [9.17, 15) is 19.5 Å². The number of ether oxygens (including phenoxy) is 1. The van der Waals surface area contributed by atoms with Gasteiger partial charge < -0.3 is 14.7 Å². The van der Waals surface area contributed by atoms with Crippen molar-refractivity contribution >= 4 is 29.0 Å². The Morgan fingerprint density at radius 3 is 2.48 bits per heavy atom. The predicted molar refractivity (Wildman–Crippen MR) is 121 cm³/mol. The first-order chi connectivity index (χ1) is 15.8. The monoisotopic (exact) mass is 463 g/mol. The number of nitrogens with zero attached hydrogens (tertiary/aromatic N) is 3. The fraction of sp³-hybridized carbons (Fsp3) is 0.208. The van der Waals surface area contributed by atoms with Crippen LogP contribution in [0.25, 0.3) is 0 Å². The first kappa shape index (κ1) is 22.3. The molecule has 0 spiro atoms. The average molecular weight is 464 g/mol. The lowest BCUT2D eigenvalue weighted by molar-refractivity contribution is -0.130. The van der Waals surface area contributed by atoms with E-state index >= 15 is 0 Å². The Kier molecular flexibility index (Phi) is 6.06. The number of rotatable bonds is 6. The van der Waals surface area contributed by atoms with Gasteiger partial charge in [-0.25, -0.2) is 9.78 Å². The summed E-state index contributed by atoms with van der Waals surface area (Å²) in [6, 6.07) is 9.14. The number of carbonyl (C=O) groups is 3. The molecule has 0 fully saturated rings. The maximum Gasteiger partial charge on any atom is 0.337 e. The number of esters is 1. The van der Waals surface area contributed by atoms with E-state index < -0.39 is 29.5 Å². The van der Waals surface area contributed by atoms with Crippen LogP contribution in [0.1, 0.15) is 47.9 Å². The van der Waals surface area contributed by atoms with E-state index in [1.807, 2.05) is 6.07 Å². The van der Waals surface area contributed by atoms with Crippen molar-refractivity contribution < 1.29 is 24.2 Å². The third kappa shape index (κ3) is 4.14. The highest BCUT2D eigenvalue weighted by atomic mass is 32.1. The number of amides is 1. The maximum atomic E-state index is 13.5. The molecule has 1 aliphatic rings. The lowest BCUT2D eigenvalue weighted by atomic mass is 9.94. The van der Waals surface area contributed by atoms with Gasteiger partial charge in [0.1, 0.15) is 0 Å². The first-order valence-electron chi connectivity index (χ1n) is 10.1. The molecule has 0 unspecified atom stereocenters. The van der Waals surface area contributed by atoms with Crippen molar-refractivity contribution in [3.05, 3.63) is 92.4 Å². The highest BCUT2D eigenvalue weighted by Crippen LogP contribution is 2.41. The van der Waals surface area contributed by atoms with Gasteiger partial charge in [0.05, 0.1) is 39.9 Å². The van der Waals surface area contributed by atoms with Crippen molar-refractivity contribution in [2.75, 3.05) is 7.11 Å². The molecule has 3 aromatic rings. The molecular weight excluding hydrogens is 442 g/mol. The van der Waals surface area contributed by atoms with Crippen molar-refractivity contribution in [1.29, 1.82) is 0 Å². The number of pyridine rings is 1. The molecule has 168 valence electrons. The van der Waals surface area contributed by atoms with E-state index in [-0.39, 0.29) is 12.1 Å². The zero-order valence-electron chi connectivity index (χ0n) is 18.2. The maximum absolute atomic E-state index is 13.5. The van der Waals surface area contributed by atoms with Gasteiger partial charge in [-0.1, -0.05) is 18.2 Å². The minimum absolute atomic E-state index is 0.0125. The quantitative estimate of drug-likeness (QED) is 0.438. The minimum Gasteiger partial charge on any atom is -0.503 e. The zero-order valence-corrected chi connectivity index (χ0v) is 19.0. The molecule has 4 rings (SSSR count). The molecule has 1 aromatic carbocycles. The molecule has 0 radical (unpaired) electrons. The van der Waals surface area contributed by atoms with Crippen LogP contribution in [0.4, 0.5) is 0 Å². The summed E-state index contributed by atoms with van der Waals surface area (Å²) in [7, 11) is 1.29. The lowest BCUT2D eigenvalue weighted by Crippen LogP contribution is -2.30. The molecule has 9 heteroatoms. The summed E-state index contributed by atoms with van der Waals surface area (Å²) in [5, 5.41) is 11.5. The number of carbonyl (C=O) groups excluding carboxylic acids is 3. The molecule has 1 amide bonds. The van der Waals surface area contributed by atoms with Gasteiger partial charge in [-0.05, 0) is 43.2 Å². The number of ketones is 1. The molecule has 3 heterocycles. The second-order valence-corrected chi connectivity index (χ2v) is 8.75. The molecule has 0 aliphatic carbocycles. The summed E-state index contributed by atoms with van der Waals surface area (Å²) >= 11 is 1.22. The minimum atomic E-state index is -0.848. The van der Waals surface area contributed by atoms with Gasteiger partial charge in [0.15, 0.2) is 5.76 Å². The van der Waals surface area contributed by atoms with E-state index in [2.05, 4.69) is 9.97 Å². The average Bonchev–Trinajstić information content (AvgIpc) is 3.29. The molecule has 0 saturated heterocycles. The summed E-state index contributed by atoms with van der Waals surface area (Å²) < 4.78 is 4.75. The number of hydrogen-bond donors (Lipinski definition) is 1. The standard InChI is InChI=1S/C24H21N3O5S/c1-13-22(33-14(2)26-13)20(28)18-19(16-6-8-17(9-7-16)24(31)32-3)27(23(30)21(18)29)12-15-5-4-10-25-11-15/h4-11,19,29H,12H2,1-3H3/t19-/m0/s1. The second-order valence-electron chi connectivity index (χ2n) is 7.55. The Hall–Kier alpha value is -3.85. The topological polar surface area (TPSA) is 110 Å². The molecule has 0 bridgehead atoms. The van der Waals surface area contributed by atoms with E-state index in [0.717, 1.165) is 5.56 Å². The van der Waals surface area contributed by atoms with Gasteiger partial charge in [0, 0.05) is 18.9 Å². The summed E-state index contributed by atoms with van der Waals surface area (Å²) in [6.45, 7) is 3.65. The van der Waals surface area contributed by atoms with Crippen molar-refractivity contribution in [2.45, 2.75) is 26.4 Å². The third-order valence-corrected chi connectivity index (χ3v) is 6.45. The molecule has 1 aliphatic heterocycles. The third-order valence-electron chi connectivity index (χ3n) is 5.38. The number of thiazole rings is 1. The van der Waals surface area contributed by atoms with Crippen molar-refractivity contribution in [1.82, 2.24) is 14.9 Å². The summed E-state index contributed by atoms with van der Waals surface area (Å²) in [6.07, 6.45) is 3.25. The number of Topliss-reactive ketones (excluding diaryl/α,β-unsaturated/α-hetero) is 1. The molecular formula is C24H21N3O5S. The molecule has 33 heavy (non-hydrogen) atoms. The van der Waals surface area contributed by atoms with Crippen LogP contribution in [0.2, 0.25) is 0 Å². The van der Waals surface area contributed by atoms with Crippen LogP contribution in [0.5, 0.6) is 0 Å². The fourth-order valence-corrected chi connectivity index (χ4v) is 4.74. The Morgan fingerprint density at radius 1 is 1.18 bits per heavy atom. The molecule has 0 saturated carbocycles. The van der Waals surface area contributed by atoms with Gasteiger partial charge in [-0.2, -0.15) is 0 Å². The molecule has 8 nitrogen and oxygen atoms in total. The highest BCUT2D eigenvalue weighted by molar-refractivity contribution is 7.14. The second kappa shape index (κ2) is 8.95. The lowest BCUT2D eigenvalue weighted by Gasteiger charge is -2.27.